The number of alkyl halides is 3. The van der Waals surface area contributed by atoms with E-state index in [2.05, 4.69) is 9.97 Å². The van der Waals surface area contributed by atoms with E-state index in [1.54, 1.807) is 6.07 Å². The summed E-state index contributed by atoms with van der Waals surface area (Å²) in [6.45, 7) is 1.52. The summed E-state index contributed by atoms with van der Waals surface area (Å²) in [6.07, 6.45) is -3.57. The van der Waals surface area contributed by atoms with Crippen molar-refractivity contribution in [3.8, 4) is 17.7 Å². The number of nitriles is 1. The molecular weight excluding hydrogens is 307 g/mol. The molecule has 0 aliphatic heterocycles. The molecule has 2 aromatic rings. The van der Waals surface area contributed by atoms with Crippen LogP contribution >= 0.6 is 11.6 Å². The third-order valence-electron chi connectivity index (χ3n) is 2.60. The highest BCUT2D eigenvalue weighted by atomic mass is 35.5. The summed E-state index contributed by atoms with van der Waals surface area (Å²) in [6, 6.07) is 4.66. The molecule has 8 heteroatoms. The Morgan fingerprint density at radius 2 is 2.00 bits per heavy atom. The second-order valence-electron chi connectivity index (χ2n) is 4.02. The lowest BCUT2D eigenvalue weighted by molar-refractivity contribution is -0.138. The molecule has 4 nitrogen and oxygen atoms in total. The summed E-state index contributed by atoms with van der Waals surface area (Å²) in [5.41, 5.74) is -0.862. The van der Waals surface area contributed by atoms with Crippen molar-refractivity contribution in [2.24, 2.45) is 0 Å². The van der Waals surface area contributed by atoms with Crippen LogP contribution in [0.4, 0.5) is 13.2 Å². The van der Waals surface area contributed by atoms with Crippen molar-refractivity contribution in [2.45, 2.75) is 13.1 Å². The van der Waals surface area contributed by atoms with Gasteiger partial charge in [0, 0.05) is 5.56 Å². The average Bonchev–Trinajstić information content (AvgIpc) is 2.43. The summed E-state index contributed by atoms with van der Waals surface area (Å²) in [4.78, 5) is 7.44. The van der Waals surface area contributed by atoms with Crippen LogP contribution in [-0.4, -0.2) is 9.97 Å². The maximum absolute atomic E-state index is 13.0. The number of benzene rings is 1. The minimum absolute atomic E-state index is 0.0785. The molecule has 0 saturated heterocycles. The SMILES string of the molecule is Cc1c(Cl)ncnc1Oc1ccc(C#N)cc1C(F)(F)F. The molecule has 2 rings (SSSR count). The van der Waals surface area contributed by atoms with Gasteiger partial charge in [-0.3, -0.25) is 0 Å². The fourth-order valence-electron chi connectivity index (χ4n) is 1.53. The van der Waals surface area contributed by atoms with E-state index in [0.29, 0.717) is 11.6 Å². The van der Waals surface area contributed by atoms with E-state index < -0.39 is 17.5 Å². The van der Waals surface area contributed by atoms with E-state index in [1.807, 2.05) is 0 Å². The zero-order valence-corrected chi connectivity index (χ0v) is 11.3. The van der Waals surface area contributed by atoms with Gasteiger partial charge in [0.15, 0.2) is 0 Å². The normalized spacial score (nSPS) is 11.0. The largest absolute Gasteiger partial charge is 0.438 e. The highest BCUT2D eigenvalue weighted by molar-refractivity contribution is 6.30. The maximum Gasteiger partial charge on any atom is 0.420 e. The minimum atomic E-state index is -4.66. The molecule has 0 aliphatic carbocycles. The number of rotatable bonds is 2. The van der Waals surface area contributed by atoms with E-state index in [0.717, 1.165) is 12.4 Å². The van der Waals surface area contributed by atoms with Gasteiger partial charge >= 0.3 is 6.18 Å². The van der Waals surface area contributed by atoms with Gasteiger partial charge in [-0.05, 0) is 25.1 Å². The summed E-state index contributed by atoms with van der Waals surface area (Å²) in [5.74, 6) is -0.537. The van der Waals surface area contributed by atoms with Gasteiger partial charge in [-0.1, -0.05) is 11.6 Å². The Kier molecular flexibility index (Phi) is 4.00. The summed E-state index contributed by atoms with van der Waals surface area (Å²) >= 11 is 5.76. The Morgan fingerprint density at radius 1 is 1.29 bits per heavy atom. The fraction of sp³-hybridized carbons (Fsp3) is 0.154. The van der Waals surface area contributed by atoms with Crippen LogP contribution in [0, 0.1) is 18.3 Å². The monoisotopic (exact) mass is 313 g/mol. The third-order valence-corrected chi connectivity index (χ3v) is 2.98. The van der Waals surface area contributed by atoms with E-state index >= 15 is 0 Å². The lowest BCUT2D eigenvalue weighted by atomic mass is 10.1. The van der Waals surface area contributed by atoms with Crippen LogP contribution in [0.1, 0.15) is 16.7 Å². The Bertz CT molecular complexity index is 726. The second-order valence-corrected chi connectivity index (χ2v) is 4.38. The van der Waals surface area contributed by atoms with Crippen LogP contribution in [0.5, 0.6) is 11.6 Å². The Balaban J connectivity index is 2.50. The van der Waals surface area contributed by atoms with Crippen molar-refractivity contribution in [3.63, 3.8) is 0 Å². The van der Waals surface area contributed by atoms with Crippen molar-refractivity contribution in [2.75, 3.05) is 0 Å². The highest BCUT2D eigenvalue weighted by Gasteiger charge is 2.35. The van der Waals surface area contributed by atoms with Crippen molar-refractivity contribution in [3.05, 3.63) is 46.4 Å². The molecule has 0 saturated carbocycles. The van der Waals surface area contributed by atoms with E-state index in [9.17, 15) is 13.2 Å². The van der Waals surface area contributed by atoms with Crippen LogP contribution in [0.3, 0.4) is 0 Å². The van der Waals surface area contributed by atoms with Gasteiger partial charge in [0.05, 0.1) is 17.2 Å². The van der Waals surface area contributed by atoms with Crippen LogP contribution in [0.25, 0.3) is 0 Å². The summed E-state index contributed by atoms with van der Waals surface area (Å²) in [5, 5.41) is 8.78. The summed E-state index contributed by atoms with van der Waals surface area (Å²) < 4.78 is 44.2. The molecule has 0 aliphatic rings. The molecule has 108 valence electrons. The highest BCUT2D eigenvalue weighted by Crippen LogP contribution is 2.39. The van der Waals surface area contributed by atoms with Gasteiger partial charge in [-0.15, -0.1) is 0 Å². The number of hydrogen-bond acceptors (Lipinski definition) is 4. The smallest absolute Gasteiger partial charge is 0.420 e. The number of halogens is 4. The molecule has 0 fully saturated rings. The zero-order valence-electron chi connectivity index (χ0n) is 10.6. The maximum atomic E-state index is 13.0. The van der Waals surface area contributed by atoms with E-state index in [1.165, 1.54) is 13.0 Å². The molecule has 21 heavy (non-hydrogen) atoms. The first-order valence-corrected chi connectivity index (χ1v) is 5.97. The van der Waals surface area contributed by atoms with Crippen molar-refractivity contribution < 1.29 is 17.9 Å². The van der Waals surface area contributed by atoms with Crippen molar-refractivity contribution in [1.82, 2.24) is 9.97 Å². The predicted molar refractivity (Wildman–Crippen MR) is 68.0 cm³/mol. The van der Waals surface area contributed by atoms with Gasteiger partial charge in [0.1, 0.15) is 17.2 Å². The van der Waals surface area contributed by atoms with Gasteiger partial charge in [0.2, 0.25) is 5.88 Å². The molecule has 1 aromatic carbocycles. The van der Waals surface area contributed by atoms with Gasteiger partial charge in [0.25, 0.3) is 0 Å². The molecule has 0 spiro atoms. The number of hydrogen-bond donors (Lipinski definition) is 0. The Labute approximate surface area is 122 Å². The molecule has 0 bridgehead atoms. The number of aromatic nitrogens is 2. The Morgan fingerprint density at radius 3 is 2.62 bits per heavy atom. The van der Waals surface area contributed by atoms with Crippen LogP contribution in [0.15, 0.2) is 24.5 Å². The molecular formula is C13H7ClF3N3O. The lowest BCUT2D eigenvalue weighted by Crippen LogP contribution is -2.08. The first-order chi connectivity index (χ1) is 9.82. The topological polar surface area (TPSA) is 58.8 Å². The minimum Gasteiger partial charge on any atom is -0.438 e. The molecule has 0 unspecified atom stereocenters. The number of nitrogens with zero attached hydrogens (tertiary/aromatic N) is 3. The first-order valence-electron chi connectivity index (χ1n) is 5.59. The molecule has 1 aromatic heterocycles. The van der Waals surface area contributed by atoms with Crippen LogP contribution in [-0.2, 0) is 6.18 Å². The lowest BCUT2D eigenvalue weighted by Gasteiger charge is -2.14. The molecule has 0 N–H and O–H groups in total. The molecule has 0 atom stereocenters. The van der Waals surface area contributed by atoms with Crippen LogP contribution < -0.4 is 4.74 Å². The standard InChI is InChI=1S/C13H7ClF3N3O/c1-7-11(14)19-6-20-12(7)21-10-3-2-8(5-18)4-9(10)13(15,16)17/h2-4,6H,1H3. The van der Waals surface area contributed by atoms with E-state index in [4.69, 9.17) is 21.6 Å². The predicted octanol–water partition coefficient (Wildman–Crippen LogP) is 4.12. The molecule has 0 radical (unpaired) electrons. The summed E-state index contributed by atoms with van der Waals surface area (Å²) in [7, 11) is 0. The number of ether oxygens (including phenoxy) is 1. The third kappa shape index (κ3) is 3.23. The molecule has 1 heterocycles. The zero-order chi connectivity index (χ0) is 15.6. The van der Waals surface area contributed by atoms with Crippen molar-refractivity contribution >= 4 is 11.6 Å². The van der Waals surface area contributed by atoms with Crippen LogP contribution in [0.2, 0.25) is 5.15 Å². The quantitative estimate of drug-likeness (QED) is 0.782. The van der Waals surface area contributed by atoms with Crippen molar-refractivity contribution in [1.29, 1.82) is 5.26 Å². The molecule has 0 amide bonds. The average molecular weight is 314 g/mol. The van der Waals surface area contributed by atoms with Gasteiger partial charge < -0.3 is 4.74 Å². The first kappa shape index (κ1) is 15.1. The second kappa shape index (κ2) is 5.58. The van der Waals surface area contributed by atoms with Gasteiger partial charge in [-0.2, -0.15) is 18.4 Å². The Hall–Kier alpha value is -2.33. The van der Waals surface area contributed by atoms with E-state index in [-0.39, 0.29) is 16.6 Å². The van der Waals surface area contributed by atoms with Gasteiger partial charge in [-0.25, -0.2) is 9.97 Å². The fourth-order valence-corrected chi connectivity index (χ4v) is 1.66.